The molecule has 2 aromatic rings. The van der Waals surface area contributed by atoms with E-state index in [0.717, 1.165) is 48.6 Å². The minimum absolute atomic E-state index is 0.00616. The van der Waals surface area contributed by atoms with E-state index in [4.69, 9.17) is 0 Å². The first kappa shape index (κ1) is 16.1. The van der Waals surface area contributed by atoms with Gasteiger partial charge in [-0.2, -0.15) is 0 Å². The van der Waals surface area contributed by atoms with Crippen molar-refractivity contribution >= 4 is 22.8 Å². The van der Waals surface area contributed by atoms with Crippen LogP contribution in [0, 0.1) is 5.92 Å². The molecule has 0 aromatic carbocycles. The summed E-state index contributed by atoms with van der Waals surface area (Å²) in [5.41, 5.74) is 2.19. The molecule has 1 amide bonds. The fraction of sp³-hybridized carbons (Fsp3) is 0.526. The minimum atomic E-state index is 0.00616. The Labute approximate surface area is 147 Å². The van der Waals surface area contributed by atoms with Crippen LogP contribution in [-0.4, -0.2) is 44.9 Å². The standard InChI is InChI=1S/C19H25N5O/c1-2-16(25)24-8-4-7-15(11-24)23-19-17-14(9-13-5-3-6-13)10-20-18(17)21-12-22-19/h2,10,12-13,15H,1,3-9,11H2,(H2,20,21,22,23). The summed E-state index contributed by atoms with van der Waals surface area (Å²) >= 11 is 0. The number of aromatic nitrogens is 3. The fourth-order valence-electron chi connectivity index (χ4n) is 3.92. The SMILES string of the molecule is C=CC(=O)N1CCCC(Nc2ncnc3[nH]cc(CC4CCC4)c23)C1. The number of rotatable bonds is 5. The molecule has 25 heavy (non-hydrogen) atoms. The van der Waals surface area contributed by atoms with Gasteiger partial charge in [-0.1, -0.05) is 25.8 Å². The highest BCUT2D eigenvalue weighted by Gasteiger charge is 2.25. The number of carbonyl (C=O) groups excluding carboxylic acids is 1. The number of amides is 1. The van der Waals surface area contributed by atoms with Crippen molar-refractivity contribution in [3.8, 4) is 0 Å². The van der Waals surface area contributed by atoms with Crippen LogP contribution in [0.25, 0.3) is 11.0 Å². The molecular weight excluding hydrogens is 314 g/mol. The average Bonchev–Trinajstić information content (AvgIpc) is 3.02. The number of hydrogen-bond acceptors (Lipinski definition) is 4. The second-order valence-electron chi connectivity index (χ2n) is 7.23. The maximum absolute atomic E-state index is 11.9. The Morgan fingerprint density at radius 3 is 3.00 bits per heavy atom. The molecule has 2 fully saturated rings. The van der Waals surface area contributed by atoms with Crippen molar-refractivity contribution in [1.29, 1.82) is 0 Å². The molecule has 1 aliphatic heterocycles. The smallest absolute Gasteiger partial charge is 0.246 e. The van der Waals surface area contributed by atoms with Crippen LogP contribution in [0.4, 0.5) is 5.82 Å². The van der Waals surface area contributed by atoms with Crippen LogP contribution in [0.1, 0.15) is 37.7 Å². The number of hydrogen-bond donors (Lipinski definition) is 2. The van der Waals surface area contributed by atoms with Gasteiger partial charge in [0, 0.05) is 25.3 Å². The summed E-state index contributed by atoms with van der Waals surface area (Å²) in [6, 6.07) is 0.210. The lowest BCUT2D eigenvalue weighted by Gasteiger charge is -2.33. The van der Waals surface area contributed by atoms with Gasteiger partial charge in [0.05, 0.1) is 5.39 Å². The molecule has 3 heterocycles. The Morgan fingerprint density at radius 2 is 2.24 bits per heavy atom. The van der Waals surface area contributed by atoms with Gasteiger partial charge in [-0.15, -0.1) is 0 Å². The van der Waals surface area contributed by atoms with E-state index in [1.807, 2.05) is 4.90 Å². The lowest BCUT2D eigenvalue weighted by molar-refractivity contribution is -0.127. The summed E-state index contributed by atoms with van der Waals surface area (Å²) in [4.78, 5) is 25.9. The van der Waals surface area contributed by atoms with Crippen LogP contribution in [0.2, 0.25) is 0 Å². The number of carbonyl (C=O) groups is 1. The van der Waals surface area contributed by atoms with Crippen LogP contribution in [0.3, 0.4) is 0 Å². The lowest BCUT2D eigenvalue weighted by Crippen LogP contribution is -2.44. The van der Waals surface area contributed by atoms with Gasteiger partial charge in [-0.05, 0) is 36.8 Å². The third-order valence-corrected chi connectivity index (χ3v) is 5.53. The van der Waals surface area contributed by atoms with Crippen molar-refractivity contribution in [1.82, 2.24) is 19.9 Å². The van der Waals surface area contributed by atoms with E-state index in [1.54, 1.807) is 6.33 Å². The number of piperidine rings is 1. The van der Waals surface area contributed by atoms with Gasteiger partial charge in [0.2, 0.25) is 5.91 Å². The Balaban J connectivity index is 1.55. The van der Waals surface area contributed by atoms with E-state index in [-0.39, 0.29) is 11.9 Å². The molecule has 2 N–H and O–H groups in total. The van der Waals surface area contributed by atoms with Gasteiger partial charge in [0.25, 0.3) is 0 Å². The maximum Gasteiger partial charge on any atom is 0.246 e. The summed E-state index contributed by atoms with van der Waals surface area (Å²) < 4.78 is 0. The maximum atomic E-state index is 11.9. The Hall–Kier alpha value is -2.37. The first-order valence-electron chi connectivity index (χ1n) is 9.23. The summed E-state index contributed by atoms with van der Waals surface area (Å²) in [6.07, 6.45) is 12.2. The molecule has 4 rings (SSSR count). The number of aromatic amines is 1. The van der Waals surface area contributed by atoms with Crippen LogP contribution in [0.5, 0.6) is 0 Å². The first-order chi connectivity index (χ1) is 12.2. The van der Waals surface area contributed by atoms with E-state index in [0.29, 0.717) is 6.54 Å². The predicted molar refractivity (Wildman–Crippen MR) is 98.4 cm³/mol. The summed E-state index contributed by atoms with van der Waals surface area (Å²) in [7, 11) is 0. The van der Waals surface area contributed by atoms with E-state index in [2.05, 4.69) is 33.0 Å². The highest BCUT2D eigenvalue weighted by Crippen LogP contribution is 2.33. The van der Waals surface area contributed by atoms with Crippen molar-refractivity contribution in [2.24, 2.45) is 5.92 Å². The second kappa shape index (κ2) is 6.86. The van der Waals surface area contributed by atoms with E-state index < -0.39 is 0 Å². The zero-order chi connectivity index (χ0) is 17.2. The molecule has 0 spiro atoms. The van der Waals surface area contributed by atoms with E-state index in [9.17, 15) is 4.79 Å². The number of H-pyrrole nitrogens is 1. The molecule has 2 aromatic heterocycles. The third kappa shape index (κ3) is 3.25. The number of anilines is 1. The van der Waals surface area contributed by atoms with Gasteiger partial charge in [-0.25, -0.2) is 9.97 Å². The molecule has 6 heteroatoms. The van der Waals surface area contributed by atoms with Crippen LogP contribution < -0.4 is 5.32 Å². The van der Waals surface area contributed by atoms with Gasteiger partial charge in [0.15, 0.2) is 0 Å². The first-order valence-corrected chi connectivity index (χ1v) is 9.23. The largest absolute Gasteiger partial charge is 0.365 e. The molecule has 1 aliphatic carbocycles. The number of fused-ring (bicyclic) bond motifs is 1. The van der Waals surface area contributed by atoms with Gasteiger partial charge in [0.1, 0.15) is 17.8 Å². The molecule has 0 bridgehead atoms. The topological polar surface area (TPSA) is 73.9 Å². The number of nitrogens with one attached hydrogen (secondary N) is 2. The summed E-state index contributed by atoms with van der Waals surface area (Å²) in [5, 5.41) is 4.68. The normalized spacial score (nSPS) is 21.1. The second-order valence-corrected chi connectivity index (χ2v) is 7.23. The van der Waals surface area contributed by atoms with Crippen molar-refractivity contribution in [3.63, 3.8) is 0 Å². The Kier molecular flexibility index (Phi) is 4.42. The highest BCUT2D eigenvalue weighted by atomic mass is 16.2. The molecule has 1 saturated heterocycles. The zero-order valence-electron chi connectivity index (χ0n) is 14.5. The lowest BCUT2D eigenvalue weighted by atomic mass is 9.81. The van der Waals surface area contributed by atoms with Crippen molar-refractivity contribution in [2.45, 2.75) is 44.6 Å². The minimum Gasteiger partial charge on any atom is -0.365 e. The monoisotopic (exact) mass is 339 g/mol. The quantitative estimate of drug-likeness (QED) is 0.822. The van der Waals surface area contributed by atoms with Crippen molar-refractivity contribution in [3.05, 3.63) is 30.7 Å². The highest BCUT2D eigenvalue weighted by molar-refractivity contribution is 5.90. The Morgan fingerprint density at radius 1 is 1.36 bits per heavy atom. The molecule has 1 unspecified atom stereocenters. The molecule has 1 atom stereocenters. The van der Waals surface area contributed by atoms with E-state index >= 15 is 0 Å². The fourth-order valence-corrected chi connectivity index (χ4v) is 3.92. The van der Waals surface area contributed by atoms with Gasteiger partial charge in [-0.3, -0.25) is 4.79 Å². The zero-order valence-corrected chi connectivity index (χ0v) is 14.5. The van der Waals surface area contributed by atoms with Crippen molar-refractivity contribution < 1.29 is 4.79 Å². The van der Waals surface area contributed by atoms with Gasteiger partial charge >= 0.3 is 0 Å². The molecule has 6 nitrogen and oxygen atoms in total. The molecule has 0 radical (unpaired) electrons. The number of likely N-dealkylation sites (tertiary alicyclic amines) is 1. The summed E-state index contributed by atoms with van der Waals surface area (Å²) in [5.74, 6) is 1.69. The van der Waals surface area contributed by atoms with Crippen LogP contribution in [-0.2, 0) is 11.2 Å². The molecule has 132 valence electrons. The molecule has 1 saturated carbocycles. The third-order valence-electron chi connectivity index (χ3n) is 5.53. The van der Waals surface area contributed by atoms with Crippen LogP contribution >= 0.6 is 0 Å². The molecule has 2 aliphatic rings. The Bertz CT molecular complexity index is 779. The van der Waals surface area contributed by atoms with Crippen molar-refractivity contribution in [2.75, 3.05) is 18.4 Å². The average molecular weight is 339 g/mol. The van der Waals surface area contributed by atoms with Crippen LogP contribution in [0.15, 0.2) is 25.2 Å². The predicted octanol–water partition coefficient (Wildman–Crippen LogP) is 2.89. The number of nitrogens with zero attached hydrogens (tertiary/aromatic N) is 3. The van der Waals surface area contributed by atoms with E-state index in [1.165, 1.54) is 30.9 Å². The summed E-state index contributed by atoms with van der Waals surface area (Å²) in [6.45, 7) is 5.09. The molecular formula is C19H25N5O. The van der Waals surface area contributed by atoms with Gasteiger partial charge < -0.3 is 15.2 Å².